The molecule has 0 saturated heterocycles. The van der Waals surface area contributed by atoms with Gasteiger partial charge in [-0.1, -0.05) is 45.9 Å². The van der Waals surface area contributed by atoms with Crippen LogP contribution in [0.5, 0.6) is 0 Å². The Labute approximate surface area is 93.0 Å². The molecular weight excluding hydrogens is 188 g/mol. The first kappa shape index (κ1) is 13.9. The van der Waals surface area contributed by atoms with Crippen molar-refractivity contribution in [1.29, 1.82) is 0 Å². The Bertz CT molecular complexity index is 219. The van der Waals surface area contributed by atoms with E-state index in [-0.39, 0.29) is 18.0 Å². The Morgan fingerprint density at radius 3 is 2.60 bits per heavy atom. The van der Waals surface area contributed by atoms with Crippen LogP contribution >= 0.6 is 0 Å². The summed E-state index contributed by atoms with van der Waals surface area (Å²) in [5.74, 6) is -0.119. The summed E-state index contributed by atoms with van der Waals surface area (Å²) in [4.78, 5) is 11.5. The third kappa shape index (κ3) is 6.10. The molecule has 0 aromatic carbocycles. The van der Waals surface area contributed by atoms with Gasteiger partial charge in [0.15, 0.2) is 0 Å². The van der Waals surface area contributed by atoms with E-state index in [4.69, 9.17) is 4.74 Å². The summed E-state index contributed by atoms with van der Waals surface area (Å²) in [6.07, 6.45) is 7.99. The molecule has 15 heavy (non-hydrogen) atoms. The molecule has 0 amide bonds. The molecule has 0 N–H and O–H groups in total. The van der Waals surface area contributed by atoms with Crippen molar-refractivity contribution < 1.29 is 9.53 Å². The highest BCUT2D eigenvalue weighted by molar-refractivity contribution is 5.72. The second-order valence-corrected chi connectivity index (χ2v) is 3.69. The third-order valence-corrected chi connectivity index (χ3v) is 2.32. The van der Waals surface area contributed by atoms with Crippen LogP contribution in [0.4, 0.5) is 0 Å². The van der Waals surface area contributed by atoms with Crippen molar-refractivity contribution >= 4 is 5.97 Å². The zero-order valence-electron chi connectivity index (χ0n) is 10.0. The minimum Gasteiger partial charge on any atom is -0.458 e. The minimum absolute atomic E-state index is 0.0125. The summed E-state index contributed by atoms with van der Waals surface area (Å²) in [7, 11) is 0. The molecule has 0 aliphatic carbocycles. The number of rotatable bonds is 7. The zero-order valence-corrected chi connectivity index (χ0v) is 10.0. The number of carbonyl (C=O) groups excluding carboxylic acids is 1. The molecule has 2 nitrogen and oxygen atoms in total. The van der Waals surface area contributed by atoms with Crippen molar-refractivity contribution in [2.24, 2.45) is 5.92 Å². The molecule has 86 valence electrons. The molecule has 0 fully saturated rings. The molecule has 0 spiro atoms. The second-order valence-electron chi connectivity index (χ2n) is 3.69. The molecule has 0 bridgehead atoms. The van der Waals surface area contributed by atoms with E-state index in [9.17, 15) is 4.79 Å². The van der Waals surface area contributed by atoms with Gasteiger partial charge >= 0.3 is 5.97 Å². The van der Waals surface area contributed by atoms with Gasteiger partial charge in [-0.05, 0) is 18.9 Å². The summed E-state index contributed by atoms with van der Waals surface area (Å²) in [5.41, 5.74) is 0. The molecule has 0 aliphatic rings. The fourth-order valence-electron chi connectivity index (χ4n) is 1.11. The van der Waals surface area contributed by atoms with E-state index >= 15 is 0 Å². The fourth-order valence-corrected chi connectivity index (χ4v) is 1.11. The van der Waals surface area contributed by atoms with Crippen LogP contribution in [0.15, 0.2) is 24.8 Å². The summed E-state index contributed by atoms with van der Waals surface area (Å²) < 4.78 is 5.37. The lowest BCUT2D eigenvalue weighted by Crippen LogP contribution is -2.21. The van der Waals surface area contributed by atoms with Gasteiger partial charge in [0, 0.05) is 0 Å². The predicted molar refractivity (Wildman–Crippen MR) is 63.6 cm³/mol. The Morgan fingerprint density at radius 1 is 1.47 bits per heavy atom. The highest BCUT2D eigenvalue weighted by atomic mass is 16.5. The molecule has 0 radical (unpaired) electrons. The topological polar surface area (TPSA) is 26.3 Å². The lowest BCUT2D eigenvalue weighted by atomic mass is 10.1. The number of esters is 1. The fraction of sp³-hybridized carbons (Fsp3) is 0.615. The second kappa shape index (κ2) is 8.27. The predicted octanol–water partition coefficient (Wildman–Crippen LogP) is 3.49. The van der Waals surface area contributed by atoms with Crippen LogP contribution < -0.4 is 0 Å². The van der Waals surface area contributed by atoms with Gasteiger partial charge in [0.25, 0.3) is 0 Å². The largest absolute Gasteiger partial charge is 0.458 e. The summed E-state index contributed by atoms with van der Waals surface area (Å²) in [6, 6.07) is 0. The third-order valence-electron chi connectivity index (χ3n) is 2.32. The maximum Gasteiger partial charge on any atom is 0.309 e. The number of ether oxygens (including phenoxy) is 1. The normalized spacial score (nSPS) is 14.9. The Balaban J connectivity index is 4.20. The van der Waals surface area contributed by atoms with Crippen LogP contribution in [-0.4, -0.2) is 12.1 Å². The van der Waals surface area contributed by atoms with Crippen LogP contribution in [0.3, 0.4) is 0 Å². The van der Waals surface area contributed by atoms with E-state index in [1.807, 2.05) is 26.0 Å². The first-order valence-corrected chi connectivity index (χ1v) is 5.65. The number of hydrogen-bond acceptors (Lipinski definition) is 2. The summed E-state index contributed by atoms with van der Waals surface area (Å²) >= 11 is 0. The SMILES string of the molecule is C=C/C=C\C(CCC)OC(=O)C(C)CC. The van der Waals surface area contributed by atoms with Gasteiger partial charge in [0.2, 0.25) is 0 Å². The molecule has 0 saturated carbocycles. The number of allylic oxidation sites excluding steroid dienone is 2. The van der Waals surface area contributed by atoms with Crippen LogP contribution in [0.2, 0.25) is 0 Å². The van der Waals surface area contributed by atoms with Gasteiger partial charge in [-0.3, -0.25) is 4.79 Å². The van der Waals surface area contributed by atoms with Gasteiger partial charge in [-0.2, -0.15) is 0 Å². The molecule has 0 heterocycles. The van der Waals surface area contributed by atoms with Crippen molar-refractivity contribution in [3.05, 3.63) is 24.8 Å². The van der Waals surface area contributed by atoms with E-state index in [2.05, 4.69) is 13.5 Å². The highest BCUT2D eigenvalue weighted by Crippen LogP contribution is 2.10. The van der Waals surface area contributed by atoms with Crippen molar-refractivity contribution in [2.45, 2.75) is 46.1 Å². The Kier molecular flexibility index (Phi) is 7.69. The Hall–Kier alpha value is -1.05. The van der Waals surface area contributed by atoms with Crippen LogP contribution in [0.1, 0.15) is 40.0 Å². The van der Waals surface area contributed by atoms with E-state index < -0.39 is 0 Å². The van der Waals surface area contributed by atoms with E-state index in [1.165, 1.54) is 0 Å². The molecule has 0 aliphatic heterocycles. The molecule has 0 aromatic heterocycles. The van der Waals surface area contributed by atoms with Gasteiger partial charge in [-0.15, -0.1) is 0 Å². The van der Waals surface area contributed by atoms with Crippen molar-refractivity contribution in [2.75, 3.05) is 0 Å². The average molecular weight is 210 g/mol. The average Bonchev–Trinajstić information content (AvgIpc) is 2.24. The maximum atomic E-state index is 11.5. The first-order chi connectivity index (χ1) is 7.15. The highest BCUT2D eigenvalue weighted by Gasteiger charge is 2.15. The monoisotopic (exact) mass is 210 g/mol. The van der Waals surface area contributed by atoms with E-state index in [0.29, 0.717) is 0 Å². The molecule has 0 aromatic rings. The minimum atomic E-state index is -0.107. The van der Waals surface area contributed by atoms with E-state index in [0.717, 1.165) is 19.3 Å². The number of hydrogen-bond donors (Lipinski definition) is 0. The first-order valence-electron chi connectivity index (χ1n) is 5.65. The quantitative estimate of drug-likeness (QED) is 0.475. The standard InChI is InChI=1S/C13H22O2/c1-5-8-10-12(9-6-2)15-13(14)11(4)7-3/h5,8,10-12H,1,6-7,9H2,2-4H3/b10-8-. The molecule has 2 heteroatoms. The maximum absolute atomic E-state index is 11.5. The van der Waals surface area contributed by atoms with Crippen LogP contribution in [0, 0.1) is 5.92 Å². The van der Waals surface area contributed by atoms with Gasteiger partial charge in [-0.25, -0.2) is 0 Å². The van der Waals surface area contributed by atoms with Gasteiger partial charge in [0.05, 0.1) is 5.92 Å². The van der Waals surface area contributed by atoms with Crippen LogP contribution in [-0.2, 0) is 9.53 Å². The zero-order chi connectivity index (χ0) is 11.7. The smallest absolute Gasteiger partial charge is 0.309 e. The van der Waals surface area contributed by atoms with Gasteiger partial charge in [0.1, 0.15) is 6.10 Å². The lowest BCUT2D eigenvalue weighted by molar-refractivity contribution is -0.151. The van der Waals surface area contributed by atoms with Gasteiger partial charge < -0.3 is 4.74 Å². The molecule has 2 unspecified atom stereocenters. The van der Waals surface area contributed by atoms with E-state index in [1.54, 1.807) is 6.08 Å². The van der Waals surface area contributed by atoms with Crippen molar-refractivity contribution in [3.8, 4) is 0 Å². The lowest BCUT2D eigenvalue weighted by Gasteiger charge is -2.16. The molecule has 0 rings (SSSR count). The molecule has 2 atom stereocenters. The summed E-state index contributed by atoms with van der Waals surface area (Å²) in [5, 5.41) is 0. The van der Waals surface area contributed by atoms with Crippen molar-refractivity contribution in [3.63, 3.8) is 0 Å². The summed E-state index contributed by atoms with van der Waals surface area (Å²) in [6.45, 7) is 9.55. The number of carbonyl (C=O) groups is 1. The molecular formula is C13H22O2. The van der Waals surface area contributed by atoms with Crippen LogP contribution in [0.25, 0.3) is 0 Å². The Morgan fingerprint density at radius 2 is 2.13 bits per heavy atom. The van der Waals surface area contributed by atoms with Crippen molar-refractivity contribution in [1.82, 2.24) is 0 Å².